The fraction of sp³-hybridized carbons (Fsp3) is 0.118. The van der Waals surface area contributed by atoms with Gasteiger partial charge in [-0.1, -0.05) is 0 Å². The molecule has 0 atom stereocenters. The van der Waals surface area contributed by atoms with Crippen molar-refractivity contribution in [2.45, 2.75) is 6.54 Å². The summed E-state index contributed by atoms with van der Waals surface area (Å²) in [5, 5.41) is 8.38. The minimum Gasteiger partial charge on any atom is -0.397 e. The topological polar surface area (TPSA) is 53.6 Å². The van der Waals surface area contributed by atoms with Gasteiger partial charge in [-0.3, -0.25) is 0 Å². The molecular weight excluding hydrogens is 317 g/mol. The molecule has 0 aliphatic carbocycles. The molecule has 2 aromatic carbocycles. The highest BCUT2D eigenvalue weighted by Gasteiger charge is 2.23. The Morgan fingerprint density at radius 1 is 1.08 bits per heavy atom. The highest BCUT2D eigenvalue weighted by atomic mass is 19.2. The van der Waals surface area contributed by atoms with E-state index in [9.17, 15) is 13.2 Å². The lowest BCUT2D eigenvalue weighted by atomic mass is 10.1. The van der Waals surface area contributed by atoms with E-state index in [1.54, 1.807) is 0 Å². The van der Waals surface area contributed by atoms with Crippen LogP contribution in [-0.4, -0.2) is 13.3 Å². The molecule has 0 unspecified atom stereocenters. The third-order valence-corrected chi connectivity index (χ3v) is 3.82. The molecule has 0 amide bonds. The smallest absolute Gasteiger partial charge is 0.160 e. The van der Waals surface area contributed by atoms with E-state index in [1.807, 2.05) is 0 Å². The van der Waals surface area contributed by atoms with Crippen LogP contribution >= 0.6 is 0 Å². The Morgan fingerprint density at radius 2 is 1.75 bits per heavy atom. The van der Waals surface area contributed by atoms with Crippen molar-refractivity contribution in [1.29, 1.82) is 0 Å². The van der Waals surface area contributed by atoms with Gasteiger partial charge in [0.15, 0.2) is 11.6 Å². The first-order valence-corrected chi connectivity index (χ1v) is 7.21. The lowest BCUT2D eigenvalue weighted by molar-refractivity contribution is 0.507. The predicted octanol–water partition coefficient (Wildman–Crippen LogP) is 2.96. The Kier molecular flexibility index (Phi) is 4.26. The minimum atomic E-state index is -0.982. The van der Waals surface area contributed by atoms with Gasteiger partial charge in [0.2, 0.25) is 0 Å². The number of rotatable bonds is 2. The van der Waals surface area contributed by atoms with Gasteiger partial charge in [0.1, 0.15) is 5.82 Å². The van der Waals surface area contributed by atoms with Crippen LogP contribution in [-0.2, 0) is 6.54 Å². The molecule has 0 saturated heterocycles. The maximum atomic E-state index is 13.7. The molecule has 3 N–H and O–H groups in total. The largest absolute Gasteiger partial charge is 0.397 e. The van der Waals surface area contributed by atoms with Crippen LogP contribution in [0, 0.1) is 17.5 Å². The summed E-state index contributed by atoms with van der Waals surface area (Å²) >= 11 is 0. The van der Waals surface area contributed by atoms with Crippen LogP contribution < -0.4 is 16.1 Å². The maximum Gasteiger partial charge on any atom is 0.160 e. The first-order chi connectivity index (χ1) is 11.5. The monoisotopic (exact) mass is 332 g/mol. The maximum absolute atomic E-state index is 13.7. The summed E-state index contributed by atoms with van der Waals surface area (Å²) in [7, 11) is 0. The molecule has 0 fully saturated rings. The van der Waals surface area contributed by atoms with Crippen molar-refractivity contribution in [3.63, 3.8) is 0 Å². The van der Waals surface area contributed by atoms with Gasteiger partial charge in [0.05, 0.1) is 17.1 Å². The molecule has 0 aromatic heterocycles. The van der Waals surface area contributed by atoms with Crippen LogP contribution in [0.2, 0.25) is 0 Å². The van der Waals surface area contributed by atoms with Crippen LogP contribution in [0.1, 0.15) is 11.1 Å². The molecule has 0 radical (unpaired) electrons. The molecule has 0 saturated carbocycles. The molecule has 7 heteroatoms. The van der Waals surface area contributed by atoms with E-state index in [1.165, 1.54) is 29.3 Å². The SMILES string of the molecule is C=NN1/C(=C(\N)c2ccc(F)cc2)CNCc2cc(F)c(F)cc21. The quantitative estimate of drug-likeness (QED) is 0.832. The van der Waals surface area contributed by atoms with Gasteiger partial charge in [-0.2, -0.15) is 5.10 Å². The number of nitrogens with zero attached hydrogens (tertiary/aromatic N) is 2. The zero-order valence-corrected chi connectivity index (χ0v) is 12.7. The van der Waals surface area contributed by atoms with Crippen molar-refractivity contribution in [2.75, 3.05) is 11.6 Å². The number of hydrogen-bond donors (Lipinski definition) is 2. The molecule has 3 rings (SSSR count). The number of nitrogens with one attached hydrogen (secondary N) is 1. The standard InChI is InChI=1S/C17H15F3N4/c1-22-24-15-7-14(20)13(19)6-11(15)8-23-9-16(24)17(21)10-2-4-12(18)5-3-10/h2-7,23H,1,8-9,21H2/b17-16-. The van der Waals surface area contributed by atoms with Crippen molar-refractivity contribution in [3.8, 4) is 0 Å². The molecule has 0 spiro atoms. The molecule has 1 heterocycles. The summed E-state index contributed by atoms with van der Waals surface area (Å²) in [5.74, 6) is -2.29. The second-order valence-corrected chi connectivity index (χ2v) is 5.32. The van der Waals surface area contributed by atoms with Crippen LogP contribution in [0.4, 0.5) is 18.9 Å². The van der Waals surface area contributed by atoms with Gasteiger partial charge < -0.3 is 11.1 Å². The molecule has 124 valence electrons. The highest BCUT2D eigenvalue weighted by Crippen LogP contribution is 2.31. The summed E-state index contributed by atoms with van der Waals surface area (Å²) in [6.45, 7) is 4.12. The van der Waals surface area contributed by atoms with E-state index in [-0.39, 0.29) is 5.82 Å². The summed E-state index contributed by atoms with van der Waals surface area (Å²) < 4.78 is 40.3. The number of anilines is 1. The van der Waals surface area contributed by atoms with Crippen molar-refractivity contribution in [3.05, 3.63) is 70.7 Å². The van der Waals surface area contributed by atoms with E-state index in [0.717, 1.165) is 12.1 Å². The van der Waals surface area contributed by atoms with Crippen molar-refractivity contribution < 1.29 is 13.2 Å². The average molecular weight is 332 g/mol. The number of benzene rings is 2. The highest BCUT2D eigenvalue weighted by molar-refractivity contribution is 5.73. The van der Waals surface area contributed by atoms with Crippen LogP contribution in [0.25, 0.3) is 5.70 Å². The van der Waals surface area contributed by atoms with E-state index >= 15 is 0 Å². The molecule has 24 heavy (non-hydrogen) atoms. The van der Waals surface area contributed by atoms with Gasteiger partial charge in [0, 0.05) is 25.9 Å². The Morgan fingerprint density at radius 3 is 2.42 bits per heavy atom. The molecule has 1 aliphatic heterocycles. The van der Waals surface area contributed by atoms with Crippen molar-refractivity contribution in [2.24, 2.45) is 10.8 Å². The number of nitrogens with two attached hydrogens (primary N) is 1. The third kappa shape index (κ3) is 2.85. The number of hydrogen-bond acceptors (Lipinski definition) is 4. The van der Waals surface area contributed by atoms with E-state index in [2.05, 4.69) is 17.1 Å². The summed E-state index contributed by atoms with van der Waals surface area (Å²) in [4.78, 5) is 0. The summed E-state index contributed by atoms with van der Waals surface area (Å²) in [5.41, 5.74) is 8.53. The molecule has 2 aromatic rings. The lowest BCUT2D eigenvalue weighted by Crippen LogP contribution is -2.25. The molecule has 0 bridgehead atoms. The molecular formula is C17H15F3N4. The Labute approximate surface area is 137 Å². The molecule has 4 nitrogen and oxygen atoms in total. The van der Waals surface area contributed by atoms with Crippen LogP contribution in [0.3, 0.4) is 0 Å². The Bertz CT molecular complexity index is 815. The second kappa shape index (κ2) is 6.37. The normalized spacial score (nSPS) is 16.4. The second-order valence-electron chi connectivity index (χ2n) is 5.32. The molecule has 1 aliphatic rings. The fourth-order valence-corrected chi connectivity index (χ4v) is 2.62. The van der Waals surface area contributed by atoms with Gasteiger partial charge in [0.25, 0.3) is 0 Å². The van der Waals surface area contributed by atoms with Gasteiger partial charge in [-0.15, -0.1) is 0 Å². The summed E-state index contributed by atoms with van der Waals surface area (Å²) in [6.07, 6.45) is 0. The number of hydrazone groups is 1. The first-order valence-electron chi connectivity index (χ1n) is 7.21. The average Bonchev–Trinajstić information content (AvgIpc) is 2.74. The lowest BCUT2D eigenvalue weighted by Gasteiger charge is -2.23. The van der Waals surface area contributed by atoms with Gasteiger partial charge >= 0.3 is 0 Å². The van der Waals surface area contributed by atoms with E-state index < -0.39 is 11.6 Å². The number of fused-ring (bicyclic) bond motifs is 1. The van der Waals surface area contributed by atoms with E-state index in [0.29, 0.717) is 41.3 Å². The summed E-state index contributed by atoms with van der Waals surface area (Å²) in [6, 6.07) is 7.84. The Hall–Kier alpha value is -2.80. The first kappa shape index (κ1) is 16.1. The van der Waals surface area contributed by atoms with Crippen LogP contribution in [0.15, 0.2) is 47.2 Å². The zero-order chi connectivity index (χ0) is 17.3. The third-order valence-electron chi connectivity index (χ3n) is 3.82. The predicted molar refractivity (Wildman–Crippen MR) is 87.6 cm³/mol. The van der Waals surface area contributed by atoms with Gasteiger partial charge in [-0.25, -0.2) is 18.2 Å². The fourth-order valence-electron chi connectivity index (χ4n) is 2.62. The van der Waals surface area contributed by atoms with Gasteiger partial charge in [-0.05, 0) is 41.5 Å². The van der Waals surface area contributed by atoms with Crippen molar-refractivity contribution >= 4 is 18.1 Å². The van der Waals surface area contributed by atoms with Crippen molar-refractivity contribution in [1.82, 2.24) is 5.32 Å². The minimum absolute atomic E-state index is 0.306. The Balaban J connectivity index is 2.14. The van der Waals surface area contributed by atoms with Crippen LogP contribution in [0.5, 0.6) is 0 Å². The zero-order valence-electron chi connectivity index (χ0n) is 12.7. The number of halogens is 3. The van der Waals surface area contributed by atoms with E-state index in [4.69, 9.17) is 5.73 Å².